The zero-order valence-corrected chi connectivity index (χ0v) is 23.6. The average molecular weight is 571 g/mol. The first-order valence-corrected chi connectivity index (χ1v) is 13.5. The summed E-state index contributed by atoms with van der Waals surface area (Å²) >= 11 is 12.6. The molecular formula is C29H33Cl2N5O3. The third-order valence-corrected chi connectivity index (χ3v) is 7.56. The lowest BCUT2D eigenvalue weighted by molar-refractivity contribution is -0.118. The molecule has 0 radical (unpaired) electrons. The molecule has 10 heteroatoms. The van der Waals surface area contributed by atoms with Gasteiger partial charge in [0.15, 0.2) is 5.82 Å². The highest BCUT2D eigenvalue weighted by Gasteiger charge is 2.59. The summed E-state index contributed by atoms with van der Waals surface area (Å²) in [6.45, 7) is 6.00. The molecule has 5 atom stereocenters. The predicted molar refractivity (Wildman–Crippen MR) is 152 cm³/mol. The molecule has 1 aliphatic rings. The Labute approximate surface area is 238 Å². The zero-order chi connectivity index (χ0) is 28.4. The number of benzene rings is 2. The van der Waals surface area contributed by atoms with Crippen molar-refractivity contribution in [3.05, 3.63) is 82.0 Å². The van der Waals surface area contributed by atoms with E-state index in [1.54, 1.807) is 36.5 Å². The molecule has 0 aliphatic carbocycles. The lowest BCUT2D eigenvalue weighted by Crippen LogP contribution is -2.44. The molecule has 0 saturated carbocycles. The predicted octanol–water partition coefficient (Wildman–Crippen LogP) is 4.50. The topological polar surface area (TPSA) is 123 Å². The van der Waals surface area contributed by atoms with Crippen LogP contribution in [0.2, 0.25) is 10.0 Å². The van der Waals surface area contributed by atoms with Crippen LogP contribution in [0.15, 0.2) is 60.8 Å². The van der Waals surface area contributed by atoms with Crippen LogP contribution in [-0.4, -0.2) is 50.7 Å². The molecule has 8 nitrogen and oxygen atoms in total. The Morgan fingerprint density at radius 1 is 1.21 bits per heavy atom. The van der Waals surface area contributed by atoms with Gasteiger partial charge in [0.2, 0.25) is 5.91 Å². The second kappa shape index (κ2) is 11.7. The average Bonchev–Trinajstić information content (AvgIpc) is 3.45. The molecule has 1 saturated heterocycles. The van der Waals surface area contributed by atoms with E-state index >= 15 is 0 Å². The summed E-state index contributed by atoms with van der Waals surface area (Å²) in [5.41, 5.74) is 0.260. The van der Waals surface area contributed by atoms with Crippen molar-refractivity contribution in [2.24, 2.45) is 5.41 Å². The van der Waals surface area contributed by atoms with Crippen LogP contribution in [-0.2, 0) is 16.8 Å². The molecule has 1 aliphatic heterocycles. The van der Waals surface area contributed by atoms with Gasteiger partial charge in [-0.2, -0.15) is 10.4 Å². The Bertz CT molecular complexity index is 1350. The normalized spacial score (nSPS) is 23.8. The van der Waals surface area contributed by atoms with E-state index in [0.29, 0.717) is 22.3 Å². The minimum atomic E-state index is -1.12. The van der Waals surface area contributed by atoms with Crippen LogP contribution < -0.4 is 10.6 Å². The Morgan fingerprint density at radius 3 is 2.54 bits per heavy atom. The number of nitriles is 1. The Balaban J connectivity index is 1.80. The third kappa shape index (κ3) is 6.29. The Morgan fingerprint density at radius 2 is 1.92 bits per heavy atom. The molecule has 3 aromatic rings. The molecule has 1 aromatic heterocycles. The van der Waals surface area contributed by atoms with E-state index in [2.05, 4.69) is 42.6 Å². The van der Waals surface area contributed by atoms with Gasteiger partial charge in [-0.1, -0.05) is 68.2 Å². The second-order valence-electron chi connectivity index (χ2n) is 11.2. The van der Waals surface area contributed by atoms with Crippen molar-refractivity contribution in [1.82, 2.24) is 15.1 Å². The second-order valence-corrected chi connectivity index (χ2v) is 12.1. The van der Waals surface area contributed by atoms with Gasteiger partial charge in [0.1, 0.15) is 5.41 Å². The van der Waals surface area contributed by atoms with Crippen LogP contribution in [0.1, 0.15) is 44.2 Å². The van der Waals surface area contributed by atoms with Gasteiger partial charge in [0.05, 0.1) is 31.4 Å². The SMILES string of the molecule is CC(C)(C)CC1NC(C(=O)Nc2ccn(C[C@@H](O)CO)n2)C(c2cccc(Cl)c2)C1(C#N)c1ccc(Cl)cc1. The summed E-state index contributed by atoms with van der Waals surface area (Å²) in [5.74, 6) is -0.643. The fraction of sp³-hybridized carbons (Fsp3) is 0.414. The highest BCUT2D eigenvalue weighted by Crippen LogP contribution is 2.51. The number of hydrogen-bond donors (Lipinski definition) is 4. The first kappa shape index (κ1) is 29.1. The van der Waals surface area contributed by atoms with Gasteiger partial charge in [0.25, 0.3) is 0 Å². The lowest BCUT2D eigenvalue weighted by atomic mass is 9.63. The smallest absolute Gasteiger partial charge is 0.243 e. The molecule has 0 bridgehead atoms. The van der Waals surface area contributed by atoms with E-state index in [1.165, 1.54) is 4.68 Å². The number of amides is 1. The quantitative estimate of drug-likeness (QED) is 0.316. The van der Waals surface area contributed by atoms with Crippen LogP contribution in [0.3, 0.4) is 0 Å². The zero-order valence-electron chi connectivity index (χ0n) is 22.1. The van der Waals surface area contributed by atoms with Crippen molar-refractivity contribution in [1.29, 1.82) is 5.26 Å². The fourth-order valence-electron chi connectivity index (χ4n) is 5.46. The van der Waals surface area contributed by atoms with Gasteiger partial charge in [-0.05, 0) is 47.2 Å². The Kier molecular flexibility index (Phi) is 8.69. The minimum Gasteiger partial charge on any atom is -0.394 e. The van der Waals surface area contributed by atoms with Gasteiger partial charge in [-0.25, -0.2) is 0 Å². The van der Waals surface area contributed by atoms with E-state index in [1.807, 2.05) is 24.3 Å². The van der Waals surface area contributed by atoms with Crippen molar-refractivity contribution in [2.75, 3.05) is 11.9 Å². The number of carbonyl (C=O) groups excluding carboxylic acids is 1. The maximum atomic E-state index is 13.9. The number of rotatable bonds is 8. The van der Waals surface area contributed by atoms with Crippen LogP contribution in [0.25, 0.3) is 0 Å². The number of hydrogen-bond acceptors (Lipinski definition) is 6. The molecule has 39 heavy (non-hydrogen) atoms. The summed E-state index contributed by atoms with van der Waals surface area (Å²) in [4.78, 5) is 13.9. The number of halogens is 2. The van der Waals surface area contributed by atoms with Gasteiger partial charge in [-0.3, -0.25) is 9.48 Å². The summed E-state index contributed by atoms with van der Waals surface area (Å²) in [5, 5.41) is 41.6. The molecule has 2 heterocycles. The van der Waals surface area contributed by atoms with Gasteiger partial charge < -0.3 is 20.8 Å². The number of nitrogens with zero attached hydrogens (tertiary/aromatic N) is 3. The van der Waals surface area contributed by atoms with Gasteiger partial charge >= 0.3 is 0 Å². The summed E-state index contributed by atoms with van der Waals surface area (Å²) in [6.07, 6.45) is 1.27. The summed E-state index contributed by atoms with van der Waals surface area (Å²) in [6, 6.07) is 17.6. The molecule has 1 fully saturated rings. The van der Waals surface area contributed by atoms with E-state index in [0.717, 1.165) is 11.1 Å². The van der Waals surface area contributed by atoms with Gasteiger partial charge in [-0.15, -0.1) is 0 Å². The summed E-state index contributed by atoms with van der Waals surface area (Å²) < 4.78 is 1.45. The summed E-state index contributed by atoms with van der Waals surface area (Å²) in [7, 11) is 0. The maximum Gasteiger partial charge on any atom is 0.243 e. The molecular weight excluding hydrogens is 537 g/mol. The maximum absolute atomic E-state index is 13.9. The molecule has 4 rings (SSSR count). The van der Waals surface area contributed by atoms with Crippen LogP contribution in [0.5, 0.6) is 0 Å². The largest absolute Gasteiger partial charge is 0.394 e. The monoisotopic (exact) mass is 569 g/mol. The minimum absolute atomic E-state index is 0.0843. The first-order valence-electron chi connectivity index (χ1n) is 12.8. The molecule has 0 spiro atoms. The number of carbonyl (C=O) groups is 1. The van der Waals surface area contributed by atoms with Crippen LogP contribution in [0.4, 0.5) is 5.82 Å². The molecule has 4 unspecified atom stereocenters. The highest BCUT2D eigenvalue weighted by atomic mass is 35.5. The molecule has 1 amide bonds. The number of nitrogens with one attached hydrogen (secondary N) is 2. The van der Waals surface area contributed by atoms with Crippen molar-refractivity contribution in [2.45, 2.75) is 63.3 Å². The van der Waals surface area contributed by atoms with E-state index < -0.39 is 30.1 Å². The number of aliphatic hydroxyl groups excluding tert-OH is 2. The molecule has 2 aromatic carbocycles. The van der Waals surface area contributed by atoms with Crippen molar-refractivity contribution >= 4 is 34.9 Å². The van der Waals surface area contributed by atoms with Crippen molar-refractivity contribution < 1.29 is 15.0 Å². The molecule has 4 N–H and O–H groups in total. The lowest BCUT2D eigenvalue weighted by Gasteiger charge is -2.37. The van der Waals surface area contributed by atoms with Crippen LogP contribution in [0, 0.1) is 16.7 Å². The number of aromatic nitrogens is 2. The Hall–Kier alpha value is -2.93. The van der Waals surface area contributed by atoms with Crippen LogP contribution >= 0.6 is 23.2 Å². The fourth-order valence-corrected chi connectivity index (χ4v) is 5.79. The third-order valence-electron chi connectivity index (χ3n) is 7.07. The molecule has 206 valence electrons. The van der Waals surface area contributed by atoms with E-state index in [-0.39, 0.29) is 23.9 Å². The van der Waals surface area contributed by atoms with Gasteiger partial charge in [0, 0.05) is 34.3 Å². The highest BCUT2D eigenvalue weighted by molar-refractivity contribution is 6.30. The van der Waals surface area contributed by atoms with Crippen molar-refractivity contribution in [3.63, 3.8) is 0 Å². The van der Waals surface area contributed by atoms with Crippen molar-refractivity contribution in [3.8, 4) is 6.07 Å². The standard InChI is InChI=1S/C29H33Cl2N5O3/c1-28(2,3)14-23-29(17-32,19-7-9-20(30)10-8-19)25(18-5-4-6-21(31)13-18)26(33-23)27(39)34-24-11-12-36(35-24)15-22(38)16-37/h4-13,22-23,25-26,33,37-38H,14-16H2,1-3H3,(H,34,35,39)/t22-,23?,25?,26?,29?/m1/s1. The van der Waals surface area contributed by atoms with E-state index in [4.69, 9.17) is 28.3 Å². The number of aliphatic hydroxyl groups is 2. The van der Waals surface area contributed by atoms with E-state index in [9.17, 15) is 15.2 Å². The number of anilines is 1. The first-order chi connectivity index (χ1) is 18.5.